The average molecular weight is 199 g/mol. The molecule has 0 spiro atoms. The number of anilines is 1. The lowest BCUT2D eigenvalue weighted by molar-refractivity contribution is 0.151. The zero-order chi connectivity index (χ0) is 10.3. The minimum atomic E-state index is -1.02. The molecule has 0 amide bonds. The van der Waals surface area contributed by atoms with E-state index in [2.05, 4.69) is 0 Å². The van der Waals surface area contributed by atoms with Gasteiger partial charge < -0.3 is 10.8 Å². The van der Waals surface area contributed by atoms with Crippen molar-refractivity contribution >= 4 is 5.69 Å². The number of halogens is 2. The summed E-state index contributed by atoms with van der Waals surface area (Å²) in [6.07, 6.45) is 1.77. The van der Waals surface area contributed by atoms with E-state index in [1.807, 2.05) is 0 Å². The molecule has 14 heavy (non-hydrogen) atoms. The molecule has 3 N–H and O–H groups in total. The molecule has 1 fully saturated rings. The van der Waals surface area contributed by atoms with Gasteiger partial charge in [0, 0.05) is 6.42 Å². The third-order valence-corrected chi connectivity index (χ3v) is 2.48. The van der Waals surface area contributed by atoms with E-state index in [1.165, 1.54) is 6.07 Å². The normalized spacial score (nSPS) is 18.2. The first-order valence-electron chi connectivity index (χ1n) is 4.46. The molecule has 76 valence electrons. The van der Waals surface area contributed by atoms with Crippen molar-refractivity contribution in [2.75, 3.05) is 5.73 Å². The summed E-state index contributed by atoms with van der Waals surface area (Å²) in [5, 5.41) is 9.58. The topological polar surface area (TPSA) is 46.2 Å². The van der Waals surface area contributed by atoms with Crippen molar-refractivity contribution in [2.45, 2.75) is 24.9 Å². The maximum Gasteiger partial charge on any atom is 0.181 e. The first kappa shape index (κ1) is 9.40. The molecule has 0 aliphatic heterocycles. The highest BCUT2D eigenvalue weighted by Gasteiger charge is 2.40. The van der Waals surface area contributed by atoms with E-state index in [9.17, 15) is 13.9 Å². The van der Waals surface area contributed by atoms with Gasteiger partial charge in [0.25, 0.3) is 0 Å². The lowest BCUT2D eigenvalue weighted by Gasteiger charge is -2.08. The van der Waals surface area contributed by atoms with E-state index in [0.29, 0.717) is 24.8 Å². The smallest absolute Gasteiger partial charge is 0.181 e. The first-order valence-corrected chi connectivity index (χ1v) is 4.46. The Kier molecular flexibility index (Phi) is 1.96. The number of hydrogen-bond donors (Lipinski definition) is 2. The molecule has 4 heteroatoms. The number of nitrogen functional groups attached to an aromatic ring is 1. The second kappa shape index (κ2) is 2.92. The first-order chi connectivity index (χ1) is 6.50. The molecule has 2 nitrogen and oxygen atoms in total. The average Bonchev–Trinajstić information content (AvgIpc) is 2.79. The fourth-order valence-corrected chi connectivity index (χ4v) is 1.47. The van der Waals surface area contributed by atoms with E-state index in [4.69, 9.17) is 5.73 Å². The van der Waals surface area contributed by atoms with Crippen LogP contribution in [0.15, 0.2) is 12.1 Å². The summed E-state index contributed by atoms with van der Waals surface area (Å²) in [7, 11) is 0. The Balaban J connectivity index is 2.26. The van der Waals surface area contributed by atoms with Gasteiger partial charge in [0.2, 0.25) is 0 Å². The Hall–Kier alpha value is -1.16. The third-order valence-electron chi connectivity index (χ3n) is 2.48. The highest BCUT2D eigenvalue weighted by atomic mass is 19.2. The summed E-state index contributed by atoms with van der Waals surface area (Å²) < 4.78 is 25.7. The Labute approximate surface area is 80.4 Å². The Morgan fingerprint density at radius 3 is 2.50 bits per heavy atom. The van der Waals surface area contributed by atoms with Crippen LogP contribution in [-0.2, 0) is 6.42 Å². The summed E-state index contributed by atoms with van der Waals surface area (Å²) >= 11 is 0. The van der Waals surface area contributed by atoms with Crippen LogP contribution in [0.2, 0.25) is 0 Å². The molecule has 1 aromatic carbocycles. The van der Waals surface area contributed by atoms with Crippen LogP contribution in [0.25, 0.3) is 0 Å². The molecule has 1 aliphatic rings. The minimum absolute atomic E-state index is 0.204. The van der Waals surface area contributed by atoms with Gasteiger partial charge in [-0.15, -0.1) is 0 Å². The fourth-order valence-electron chi connectivity index (χ4n) is 1.47. The van der Waals surface area contributed by atoms with E-state index < -0.39 is 17.2 Å². The SMILES string of the molecule is Nc1cc(CC2(O)CC2)cc(F)c1F. The van der Waals surface area contributed by atoms with Gasteiger partial charge in [-0.3, -0.25) is 0 Å². The lowest BCUT2D eigenvalue weighted by atomic mass is 10.1. The molecule has 1 aromatic rings. The van der Waals surface area contributed by atoms with E-state index in [-0.39, 0.29) is 5.69 Å². The third kappa shape index (κ3) is 1.70. The molecule has 1 saturated carbocycles. The second-order valence-electron chi connectivity index (χ2n) is 3.88. The lowest BCUT2D eigenvalue weighted by Crippen LogP contribution is -2.11. The molecule has 0 bridgehead atoms. The van der Waals surface area contributed by atoms with Crippen molar-refractivity contribution in [1.29, 1.82) is 0 Å². The minimum Gasteiger partial charge on any atom is -0.396 e. The van der Waals surface area contributed by atoms with Crippen LogP contribution in [0.5, 0.6) is 0 Å². The van der Waals surface area contributed by atoms with Crippen molar-refractivity contribution in [1.82, 2.24) is 0 Å². The summed E-state index contributed by atoms with van der Waals surface area (Å²) in [5.74, 6) is -1.97. The maximum absolute atomic E-state index is 12.9. The predicted octanol–water partition coefficient (Wildman–Crippen LogP) is 1.61. The van der Waals surface area contributed by atoms with Crippen LogP contribution in [-0.4, -0.2) is 10.7 Å². The van der Waals surface area contributed by atoms with Crippen LogP contribution in [0, 0.1) is 11.6 Å². The molecule has 2 rings (SSSR count). The van der Waals surface area contributed by atoms with Crippen LogP contribution in [0.1, 0.15) is 18.4 Å². The molecule has 0 heterocycles. The van der Waals surface area contributed by atoms with Crippen molar-refractivity contribution in [3.63, 3.8) is 0 Å². The summed E-state index contributed by atoms with van der Waals surface area (Å²) in [6, 6.07) is 2.46. The Morgan fingerprint density at radius 2 is 2.00 bits per heavy atom. The summed E-state index contributed by atoms with van der Waals surface area (Å²) in [5.41, 5.74) is 4.89. The van der Waals surface area contributed by atoms with Crippen molar-refractivity contribution in [2.24, 2.45) is 0 Å². The number of nitrogens with two attached hydrogens (primary N) is 1. The fraction of sp³-hybridized carbons (Fsp3) is 0.400. The van der Waals surface area contributed by atoms with Crippen LogP contribution in [0.3, 0.4) is 0 Å². The van der Waals surface area contributed by atoms with E-state index >= 15 is 0 Å². The van der Waals surface area contributed by atoms with Gasteiger partial charge in [0.1, 0.15) is 0 Å². The van der Waals surface area contributed by atoms with Gasteiger partial charge >= 0.3 is 0 Å². The summed E-state index contributed by atoms with van der Waals surface area (Å²) in [6.45, 7) is 0. The highest BCUT2D eigenvalue weighted by Crippen LogP contribution is 2.38. The number of hydrogen-bond acceptors (Lipinski definition) is 2. The number of rotatable bonds is 2. The number of benzene rings is 1. The molecule has 1 aliphatic carbocycles. The zero-order valence-corrected chi connectivity index (χ0v) is 7.56. The van der Waals surface area contributed by atoms with Gasteiger partial charge in [0.15, 0.2) is 11.6 Å². The predicted molar refractivity (Wildman–Crippen MR) is 48.7 cm³/mol. The molecular formula is C10H11F2NO. The van der Waals surface area contributed by atoms with E-state index in [1.54, 1.807) is 0 Å². The zero-order valence-electron chi connectivity index (χ0n) is 7.56. The van der Waals surface area contributed by atoms with Gasteiger partial charge in [-0.2, -0.15) is 0 Å². The van der Waals surface area contributed by atoms with Crippen LogP contribution in [0.4, 0.5) is 14.5 Å². The molecule has 0 saturated heterocycles. The second-order valence-corrected chi connectivity index (χ2v) is 3.88. The van der Waals surface area contributed by atoms with Crippen LogP contribution < -0.4 is 5.73 Å². The van der Waals surface area contributed by atoms with Crippen LogP contribution >= 0.6 is 0 Å². The molecule has 0 aromatic heterocycles. The van der Waals surface area contributed by atoms with Crippen molar-refractivity contribution in [3.05, 3.63) is 29.3 Å². The van der Waals surface area contributed by atoms with E-state index in [0.717, 1.165) is 6.07 Å². The van der Waals surface area contributed by atoms with Crippen molar-refractivity contribution in [3.8, 4) is 0 Å². The number of aliphatic hydroxyl groups is 1. The molecule has 0 atom stereocenters. The summed E-state index contributed by atoms with van der Waals surface area (Å²) in [4.78, 5) is 0. The van der Waals surface area contributed by atoms with Gasteiger partial charge in [-0.1, -0.05) is 0 Å². The quantitative estimate of drug-likeness (QED) is 0.711. The molecule has 0 radical (unpaired) electrons. The Bertz CT molecular complexity index is 351. The standard InChI is InChI=1S/C10H11F2NO/c11-7-3-6(4-8(13)9(7)12)5-10(14)1-2-10/h3-4,14H,1-2,5,13H2. The largest absolute Gasteiger partial charge is 0.396 e. The van der Waals surface area contributed by atoms with Gasteiger partial charge in [-0.05, 0) is 30.5 Å². The van der Waals surface area contributed by atoms with Gasteiger partial charge in [0.05, 0.1) is 11.3 Å². The van der Waals surface area contributed by atoms with Gasteiger partial charge in [-0.25, -0.2) is 8.78 Å². The Morgan fingerprint density at radius 1 is 1.36 bits per heavy atom. The monoisotopic (exact) mass is 199 g/mol. The molecular weight excluding hydrogens is 188 g/mol. The maximum atomic E-state index is 12.9. The van der Waals surface area contributed by atoms with Crippen molar-refractivity contribution < 1.29 is 13.9 Å². The molecule has 0 unspecified atom stereocenters. The highest BCUT2D eigenvalue weighted by molar-refractivity contribution is 5.43.